The molecule has 2 aromatic rings. The SMILES string of the molecule is Cc1cc(Br)ccc1-c1ccc(C[NH2+]CC[NH+]2CCOCC2)o1. The predicted octanol–water partition coefficient (Wildman–Crippen LogP) is 0.996. The van der Waals surface area contributed by atoms with E-state index < -0.39 is 0 Å². The number of nitrogens with two attached hydrogens (primary N) is 1. The first-order chi connectivity index (χ1) is 11.2. The molecule has 0 atom stereocenters. The van der Waals surface area contributed by atoms with Crippen LogP contribution in [0.15, 0.2) is 39.2 Å². The van der Waals surface area contributed by atoms with Crippen LogP contribution in [-0.2, 0) is 11.3 Å². The highest BCUT2D eigenvalue weighted by atomic mass is 79.9. The van der Waals surface area contributed by atoms with Gasteiger partial charge in [-0.05, 0) is 42.8 Å². The van der Waals surface area contributed by atoms with E-state index in [1.165, 1.54) is 12.1 Å². The van der Waals surface area contributed by atoms with Crippen molar-refractivity contribution >= 4 is 15.9 Å². The highest BCUT2D eigenvalue weighted by Crippen LogP contribution is 2.27. The van der Waals surface area contributed by atoms with Crippen LogP contribution in [-0.4, -0.2) is 39.4 Å². The van der Waals surface area contributed by atoms with Crippen molar-refractivity contribution in [2.45, 2.75) is 13.5 Å². The molecular weight excluding hydrogens is 356 g/mol. The van der Waals surface area contributed by atoms with E-state index in [9.17, 15) is 0 Å². The first-order valence-corrected chi connectivity index (χ1v) is 9.10. The van der Waals surface area contributed by atoms with Crippen molar-refractivity contribution in [3.8, 4) is 11.3 Å². The largest absolute Gasteiger partial charge is 0.455 e. The number of halogens is 1. The van der Waals surface area contributed by atoms with Gasteiger partial charge in [-0.25, -0.2) is 0 Å². The van der Waals surface area contributed by atoms with Crippen molar-refractivity contribution in [3.05, 3.63) is 46.1 Å². The van der Waals surface area contributed by atoms with Gasteiger partial charge in [0.25, 0.3) is 0 Å². The zero-order chi connectivity index (χ0) is 16.1. The Hall–Kier alpha value is -1.14. The van der Waals surface area contributed by atoms with Crippen LogP contribution in [0.2, 0.25) is 0 Å². The highest BCUT2D eigenvalue weighted by Gasteiger charge is 2.14. The predicted molar refractivity (Wildman–Crippen MR) is 93.5 cm³/mol. The van der Waals surface area contributed by atoms with E-state index in [1.54, 1.807) is 4.90 Å². The van der Waals surface area contributed by atoms with E-state index in [0.717, 1.165) is 60.9 Å². The van der Waals surface area contributed by atoms with Gasteiger partial charge in [-0.15, -0.1) is 0 Å². The molecule has 1 saturated heterocycles. The van der Waals surface area contributed by atoms with Gasteiger partial charge < -0.3 is 19.4 Å². The van der Waals surface area contributed by atoms with Gasteiger partial charge in [-0.3, -0.25) is 0 Å². The van der Waals surface area contributed by atoms with Crippen LogP contribution < -0.4 is 10.2 Å². The van der Waals surface area contributed by atoms with Crippen molar-refractivity contribution in [1.82, 2.24) is 0 Å². The molecule has 5 heteroatoms. The maximum Gasteiger partial charge on any atom is 0.158 e. The van der Waals surface area contributed by atoms with Gasteiger partial charge in [0, 0.05) is 10.0 Å². The number of hydrogen-bond acceptors (Lipinski definition) is 2. The first-order valence-electron chi connectivity index (χ1n) is 8.30. The molecule has 1 aromatic carbocycles. The summed E-state index contributed by atoms with van der Waals surface area (Å²) in [6, 6.07) is 10.4. The van der Waals surface area contributed by atoms with Crippen LogP contribution in [0.4, 0.5) is 0 Å². The summed E-state index contributed by atoms with van der Waals surface area (Å²) in [5.74, 6) is 2.00. The number of rotatable bonds is 6. The Morgan fingerprint density at radius 3 is 2.78 bits per heavy atom. The van der Waals surface area contributed by atoms with E-state index >= 15 is 0 Å². The summed E-state index contributed by atoms with van der Waals surface area (Å²) in [7, 11) is 0. The Kier molecular flexibility index (Phi) is 5.89. The number of hydrogen-bond donors (Lipinski definition) is 2. The molecule has 124 valence electrons. The minimum atomic E-state index is 0.902. The van der Waals surface area contributed by atoms with Crippen LogP contribution in [0.25, 0.3) is 11.3 Å². The van der Waals surface area contributed by atoms with Crippen LogP contribution in [0.3, 0.4) is 0 Å². The van der Waals surface area contributed by atoms with Gasteiger partial charge in [0.2, 0.25) is 0 Å². The molecule has 1 aromatic heterocycles. The molecule has 0 saturated carbocycles. The summed E-state index contributed by atoms with van der Waals surface area (Å²) in [4.78, 5) is 1.65. The molecule has 0 spiro atoms. The van der Waals surface area contributed by atoms with Gasteiger partial charge in [-0.2, -0.15) is 0 Å². The average Bonchev–Trinajstić information content (AvgIpc) is 3.01. The number of aryl methyl sites for hydroxylation is 1. The van der Waals surface area contributed by atoms with E-state index in [1.807, 2.05) is 0 Å². The van der Waals surface area contributed by atoms with Crippen LogP contribution in [0, 0.1) is 6.92 Å². The standard InChI is InChI=1S/C18H23BrN2O2/c1-14-12-15(19)2-4-17(14)18-5-3-16(23-18)13-20-6-7-21-8-10-22-11-9-21/h2-5,12,20H,6-11,13H2,1H3/p+2. The van der Waals surface area contributed by atoms with Gasteiger partial charge in [0.1, 0.15) is 38.5 Å². The van der Waals surface area contributed by atoms with Crippen molar-refractivity contribution in [2.24, 2.45) is 0 Å². The van der Waals surface area contributed by atoms with Gasteiger partial charge >= 0.3 is 0 Å². The average molecular weight is 381 g/mol. The topological polar surface area (TPSA) is 43.4 Å². The lowest BCUT2D eigenvalue weighted by Gasteiger charge is -2.22. The number of morpholine rings is 1. The molecule has 1 fully saturated rings. The summed E-state index contributed by atoms with van der Waals surface area (Å²) in [5.41, 5.74) is 2.39. The molecule has 0 radical (unpaired) electrons. The fraction of sp³-hybridized carbons (Fsp3) is 0.444. The van der Waals surface area contributed by atoms with E-state index in [4.69, 9.17) is 9.15 Å². The molecule has 1 aliphatic heterocycles. The summed E-state index contributed by atoms with van der Waals surface area (Å²) in [5, 5.41) is 2.33. The van der Waals surface area contributed by atoms with E-state index in [2.05, 4.69) is 58.5 Å². The quantitative estimate of drug-likeness (QED) is 0.734. The lowest BCUT2D eigenvalue weighted by atomic mass is 10.1. The first kappa shape index (κ1) is 16.7. The molecule has 0 unspecified atom stereocenters. The summed E-state index contributed by atoms with van der Waals surface area (Å²) in [6.07, 6.45) is 0. The lowest BCUT2D eigenvalue weighted by molar-refractivity contribution is -0.920. The Morgan fingerprint density at radius 2 is 2.00 bits per heavy atom. The monoisotopic (exact) mass is 380 g/mol. The molecular formula is C18H25BrN2O2+2. The van der Waals surface area contributed by atoms with Crippen LogP contribution >= 0.6 is 15.9 Å². The molecule has 3 rings (SSSR count). The van der Waals surface area contributed by atoms with Crippen LogP contribution in [0.1, 0.15) is 11.3 Å². The molecule has 0 bridgehead atoms. The van der Waals surface area contributed by atoms with Gasteiger partial charge in [-0.1, -0.05) is 15.9 Å². The van der Waals surface area contributed by atoms with Gasteiger partial charge in [0.15, 0.2) is 5.76 Å². The fourth-order valence-electron chi connectivity index (χ4n) is 3.00. The van der Waals surface area contributed by atoms with Gasteiger partial charge in [0.05, 0.1) is 13.2 Å². The summed E-state index contributed by atoms with van der Waals surface area (Å²) in [6.45, 7) is 9.43. The summed E-state index contributed by atoms with van der Waals surface area (Å²) >= 11 is 3.50. The van der Waals surface area contributed by atoms with E-state index in [0.29, 0.717) is 0 Å². The van der Waals surface area contributed by atoms with Crippen LogP contribution in [0.5, 0.6) is 0 Å². The second-order valence-electron chi connectivity index (χ2n) is 6.12. The molecule has 2 heterocycles. The second-order valence-corrected chi connectivity index (χ2v) is 7.03. The number of benzene rings is 1. The third-order valence-corrected chi connectivity index (χ3v) is 4.86. The maximum absolute atomic E-state index is 6.01. The normalized spacial score (nSPS) is 15.9. The Balaban J connectivity index is 1.49. The van der Waals surface area contributed by atoms with Crippen molar-refractivity contribution < 1.29 is 19.4 Å². The fourth-order valence-corrected chi connectivity index (χ4v) is 3.47. The van der Waals surface area contributed by atoms with Crippen molar-refractivity contribution in [3.63, 3.8) is 0 Å². The molecule has 3 N–H and O–H groups in total. The third kappa shape index (κ3) is 4.67. The minimum Gasteiger partial charge on any atom is -0.455 e. The molecule has 1 aliphatic rings. The lowest BCUT2D eigenvalue weighted by Crippen LogP contribution is -3.16. The molecule has 0 aliphatic carbocycles. The number of ether oxygens (including phenoxy) is 1. The van der Waals surface area contributed by atoms with E-state index in [-0.39, 0.29) is 0 Å². The highest BCUT2D eigenvalue weighted by molar-refractivity contribution is 9.10. The number of furan rings is 1. The molecule has 4 nitrogen and oxygen atoms in total. The Bertz CT molecular complexity index is 636. The zero-order valence-corrected chi connectivity index (χ0v) is 15.2. The Morgan fingerprint density at radius 1 is 1.17 bits per heavy atom. The second kappa shape index (κ2) is 8.11. The molecule has 0 amide bonds. The molecule has 23 heavy (non-hydrogen) atoms. The number of nitrogens with one attached hydrogen (secondary N) is 1. The smallest absolute Gasteiger partial charge is 0.158 e. The van der Waals surface area contributed by atoms with Crippen molar-refractivity contribution in [2.75, 3.05) is 39.4 Å². The summed E-state index contributed by atoms with van der Waals surface area (Å²) < 4.78 is 12.5. The minimum absolute atomic E-state index is 0.902. The third-order valence-electron chi connectivity index (χ3n) is 4.36. The Labute approximate surface area is 145 Å². The zero-order valence-electron chi connectivity index (χ0n) is 13.6. The van der Waals surface area contributed by atoms with Crippen molar-refractivity contribution in [1.29, 1.82) is 0 Å². The maximum atomic E-state index is 6.01. The number of quaternary nitrogens is 2.